The Morgan fingerprint density at radius 3 is 2.79 bits per heavy atom. The van der Waals surface area contributed by atoms with E-state index in [1.165, 1.54) is 32.1 Å². The summed E-state index contributed by atoms with van der Waals surface area (Å²) in [6, 6.07) is 6.20. The van der Waals surface area contributed by atoms with E-state index in [0.717, 1.165) is 18.2 Å². The van der Waals surface area contributed by atoms with Crippen molar-refractivity contribution in [2.24, 2.45) is 11.7 Å². The van der Waals surface area contributed by atoms with Gasteiger partial charge in [0.2, 0.25) is 0 Å². The van der Waals surface area contributed by atoms with Crippen LogP contribution in [0.25, 0.3) is 0 Å². The fourth-order valence-electron chi connectivity index (χ4n) is 3.77. The van der Waals surface area contributed by atoms with E-state index >= 15 is 0 Å². The number of rotatable bonds is 2. The third-order valence-electron chi connectivity index (χ3n) is 4.65. The molecule has 2 aliphatic rings. The Morgan fingerprint density at radius 1 is 1.21 bits per heavy atom. The van der Waals surface area contributed by atoms with Gasteiger partial charge >= 0.3 is 0 Å². The highest BCUT2D eigenvalue weighted by Gasteiger charge is 2.35. The van der Waals surface area contributed by atoms with Crippen LogP contribution < -0.4 is 16.4 Å². The highest BCUT2D eigenvalue weighted by atomic mass is 16.1. The van der Waals surface area contributed by atoms with E-state index in [-0.39, 0.29) is 0 Å². The molecule has 2 atom stereocenters. The Morgan fingerprint density at radius 2 is 2.00 bits per heavy atom. The monoisotopic (exact) mass is 259 g/mol. The van der Waals surface area contributed by atoms with Crippen LogP contribution in [0.3, 0.4) is 0 Å². The molecule has 4 N–H and O–H groups in total. The second kappa shape index (κ2) is 4.76. The van der Waals surface area contributed by atoms with E-state index in [0.29, 0.717) is 17.3 Å². The molecule has 102 valence electrons. The topological polar surface area (TPSA) is 72.4 Å². The highest BCUT2D eigenvalue weighted by Crippen LogP contribution is 2.41. The molecular weight excluding hydrogens is 238 g/mol. The first kappa shape index (κ1) is 12.3. The molecule has 1 aliphatic heterocycles. The van der Waals surface area contributed by atoms with Crippen molar-refractivity contribution in [3.05, 3.63) is 23.8 Å². The van der Waals surface area contributed by atoms with Crippen LogP contribution in [0.2, 0.25) is 0 Å². The Kier molecular flexibility index (Phi) is 3.09. The number of amides is 1. The van der Waals surface area contributed by atoms with Gasteiger partial charge in [-0.25, -0.2) is 0 Å². The van der Waals surface area contributed by atoms with Gasteiger partial charge in [-0.15, -0.1) is 0 Å². The number of carbonyl (C=O) groups excluding carboxylic acids is 1. The first-order valence-corrected chi connectivity index (χ1v) is 7.13. The molecular formula is C15H21N3O. The number of nitrogens with two attached hydrogens (primary N) is 2. The third kappa shape index (κ3) is 2.05. The summed E-state index contributed by atoms with van der Waals surface area (Å²) in [4.78, 5) is 13.8. The molecule has 0 aromatic heterocycles. The number of anilines is 2. The van der Waals surface area contributed by atoms with Gasteiger partial charge in [-0.3, -0.25) is 4.79 Å². The largest absolute Gasteiger partial charge is 0.396 e. The summed E-state index contributed by atoms with van der Waals surface area (Å²) in [5, 5.41) is 0. The summed E-state index contributed by atoms with van der Waals surface area (Å²) in [6.07, 6.45) is 6.42. The van der Waals surface area contributed by atoms with Crippen molar-refractivity contribution in [3.63, 3.8) is 0 Å². The van der Waals surface area contributed by atoms with E-state index in [2.05, 4.69) is 4.90 Å². The number of hydrogen-bond acceptors (Lipinski definition) is 3. The van der Waals surface area contributed by atoms with Crippen molar-refractivity contribution in [1.82, 2.24) is 0 Å². The van der Waals surface area contributed by atoms with Crippen molar-refractivity contribution in [3.8, 4) is 0 Å². The molecule has 1 saturated heterocycles. The van der Waals surface area contributed by atoms with E-state index < -0.39 is 5.91 Å². The lowest BCUT2D eigenvalue weighted by atomic mass is 9.91. The molecule has 1 aromatic carbocycles. The maximum absolute atomic E-state index is 11.4. The number of benzene rings is 1. The van der Waals surface area contributed by atoms with Gasteiger partial charge in [0.15, 0.2) is 0 Å². The molecule has 1 amide bonds. The number of nitrogens with zero attached hydrogens (tertiary/aromatic N) is 1. The van der Waals surface area contributed by atoms with Gasteiger partial charge in [-0.1, -0.05) is 12.5 Å². The first-order valence-electron chi connectivity index (χ1n) is 7.13. The third-order valence-corrected chi connectivity index (χ3v) is 4.65. The van der Waals surface area contributed by atoms with E-state index in [9.17, 15) is 4.79 Å². The molecule has 19 heavy (non-hydrogen) atoms. The van der Waals surface area contributed by atoms with Crippen LogP contribution in [0.15, 0.2) is 18.2 Å². The first-order chi connectivity index (χ1) is 9.18. The molecule has 1 saturated carbocycles. The van der Waals surface area contributed by atoms with Gasteiger partial charge < -0.3 is 16.4 Å². The zero-order valence-electron chi connectivity index (χ0n) is 11.1. The Balaban J connectivity index is 1.97. The van der Waals surface area contributed by atoms with Gasteiger partial charge in [0.1, 0.15) is 0 Å². The molecule has 1 aromatic rings. The number of piperidine rings is 1. The second-order valence-corrected chi connectivity index (χ2v) is 5.70. The van der Waals surface area contributed by atoms with Gasteiger partial charge in [0.25, 0.3) is 5.91 Å². The SMILES string of the molecule is NC(=O)c1cccc(N2CCCC3CCCC32)c1N. The van der Waals surface area contributed by atoms with Gasteiger partial charge in [-0.2, -0.15) is 0 Å². The average molecular weight is 259 g/mol. The van der Waals surface area contributed by atoms with Crippen LogP contribution in [0.1, 0.15) is 42.5 Å². The van der Waals surface area contributed by atoms with Gasteiger partial charge in [0.05, 0.1) is 16.9 Å². The molecule has 4 heteroatoms. The minimum absolute atomic E-state index is 0.442. The van der Waals surface area contributed by atoms with E-state index in [1.54, 1.807) is 6.07 Å². The fourth-order valence-corrected chi connectivity index (χ4v) is 3.77. The lowest BCUT2D eigenvalue weighted by molar-refractivity contribution is 0.100. The highest BCUT2D eigenvalue weighted by molar-refractivity contribution is 6.00. The number of nitrogen functional groups attached to an aromatic ring is 1. The molecule has 2 unspecified atom stereocenters. The predicted molar refractivity (Wildman–Crippen MR) is 77.1 cm³/mol. The van der Waals surface area contributed by atoms with Crippen LogP contribution in [0, 0.1) is 5.92 Å². The maximum Gasteiger partial charge on any atom is 0.250 e. The molecule has 1 heterocycles. The van der Waals surface area contributed by atoms with Crippen molar-refractivity contribution < 1.29 is 4.79 Å². The fraction of sp³-hybridized carbons (Fsp3) is 0.533. The number of carbonyl (C=O) groups is 1. The van der Waals surface area contributed by atoms with Crippen LogP contribution in [0.5, 0.6) is 0 Å². The average Bonchev–Trinajstić information content (AvgIpc) is 2.87. The second-order valence-electron chi connectivity index (χ2n) is 5.70. The van der Waals surface area contributed by atoms with Crippen molar-refractivity contribution in [2.75, 3.05) is 17.2 Å². The molecule has 0 spiro atoms. The number of fused-ring (bicyclic) bond motifs is 1. The lowest BCUT2D eigenvalue weighted by Crippen LogP contribution is -2.43. The molecule has 2 fully saturated rings. The van der Waals surface area contributed by atoms with Gasteiger partial charge in [-0.05, 0) is 43.7 Å². The summed E-state index contributed by atoms with van der Waals surface area (Å²) in [6.45, 7) is 1.04. The van der Waals surface area contributed by atoms with Crippen LogP contribution in [-0.2, 0) is 0 Å². The maximum atomic E-state index is 11.4. The quantitative estimate of drug-likeness (QED) is 0.799. The van der Waals surface area contributed by atoms with E-state index in [1.807, 2.05) is 12.1 Å². The minimum Gasteiger partial charge on any atom is -0.396 e. The Bertz CT molecular complexity index is 500. The zero-order chi connectivity index (χ0) is 13.4. The van der Waals surface area contributed by atoms with Crippen molar-refractivity contribution in [1.29, 1.82) is 0 Å². The van der Waals surface area contributed by atoms with Crippen LogP contribution in [0.4, 0.5) is 11.4 Å². The minimum atomic E-state index is -0.445. The number of hydrogen-bond donors (Lipinski definition) is 2. The molecule has 1 aliphatic carbocycles. The lowest BCUT2D eigenvalue weighted by Gasteiger charge is -2.40. The van der Waals surface area contributed by atoms with Crippen LogP contribution in [-0.4, -0.2) is 18.5 Å². The summed E-state index contributed by atoms with van der Waals surface area (Å²) >= 11 is 0. The van der Waals surface area contributed by atoms with E-state index in [4.69, 9.17) is 11.5 Å². The molecule has 0 radical (unpaired) electrons. The summed E-state index contributed by atoms with van der Waals surface area (Å²) < 4.78 is 0. The van der Waals surface area contributed by atoms with Crippen molar-refractivity contribution >= 4 is 17.3 Å². The number of primary amides is 1. The molecule has 3 rings (SSSR count). The van der Waals surface area contributed by atoms with Crippen molar-refractivity contribution in [2.45, 2.75) is 38.1 Å². The zero-order valence-corrected chi connectivity index (χ0v) is 11.1. The summed E-state index contributed by atoms with van der Waals surface area (Å²) in [7, 11) is 0. The predicted octanol–water partition coefficient (Wildman–Crippen LogP) is 2.14. The smallest absolute Gasteiger partial charge is 0.250 e. The van der Waals surface area contributed by atoms with Gasteiger partial charge in [0, 0.05) is 12.6 Å². The summed E-state index contributed by atoms with van der Waals surface area (Å²) in [5.74, 6) is 0.352. The summed E-state index contributed by atoms with van der Waals surface area (Å²) in [5.41, 5.74) is 13.5. The number of para-hydroxylation sites is 1. The standard InChI is InChI=1S/C15H21N3O/c16-14-11(15(17)19)6-2-8-13(14)18-9-3-5-10-4-1-7-12(10)18/h2,6,8,10,12H,1,3-5,7,9,16H2,(H2,17,19). The molecule has 4 nitrogen and oxygen atoms in total. The Hall–Kier alpha value is -1.71. The Labute approximate surface area is 113 Å². The molecule has 0 bridgehead atoms. The normalized spacial score (nSPS) is 26.2. The van der Waals surface area contributed by atoms with Crippen LogP contribution >= 0.6 is 0 Å².